The molecule has 0 spiro atoms. The molecular formula is C15H22O4. The Bertz CT molecular complexity index is 381. The van der Waals surface area contributed by atoms with Gasteiger partial charge in [0.05, 0.1) is 18.8 Å². The van der Waals surface area contributed by atoms with E-state index in [1.165, 1.54) is 0 Å². The van der Waals surface area contributed by atoms with Crippen LogP contribution < -0.4 is 0 Å². The van der Waals surface area contributed by atoms with E-state index in [2.05, 4.69) is 0 Å². The molecule has 0 radical (unpaired) electrons. The normalized spacial score (nSPS) is 31.3. The molecule has 2 rings (SSSR count). The van der Waals surface area contributed by atoms with Crippen LogP contribution >= 0.6 is 0 Å². The summed E-state index contributed by atoms with van der Waals surface area (Å²) in [5.41, 5.74) is 0.730. The Labute approximate surface area is 114 Å². The topological polar surface area (TPSA) is 47.9 Å². The molecule has 0 bridgehead atoms. The van der Waals surface area contributed by atoms with E-state index in [9.17, 15) is 5.11 Å². The first kappa shape index (κ1) is 14.5. The Balaban J connectivity index is 1.86. The zero-order valence-electron chi connectivity index (χ0n) is 11.5. The molecule has 0 saturated carbocycles. The van der Waals surface area contributed by atoms with Gasteiger partial charge in [0.15, 0.2) is 6.29 Å². The Morgan fingerprint density at radius 3 is 2.79 bits per heavy atom. The van der Waals surface area contributed by atoms with Gasteiger partial charge in [-0.25, -0.2) is 0 Å². The Kier molecular flexibility index (Phi) is 4.93. The number of rotatable bonds is 5. The summed E-state index contributed by atoms with van der Waals surface area (Å²) in [5.74, 6) is 0. The lowest BCUT2D eigenvalue weighted by Crippen LogP contribution is -2.51. The molecule has 0 aromatic heterocycles. The van der Waals surface area contributed by atoms with Crippen molar-refractivity contribution in [2.24, 2.45) is 0 Å². The maximum absolute atomic E-state index is 9.59. The predicted octanol–water partition coefficient (Wildman–Crippen LogP) is 2.11. The monoisotopic (exact) mass is 266 g/mol. The van der Waals surface area contributed by atoms with Gasteiger partial charge in [0.2, 0.25) is 0 Å². The minimum atomic E-state index is -0.714. The van der Waals surface area contributed by atoms with E-state index >= 15 is 0 Å². The second kappa shape index (κ2) is 6.48. The van der Waals surface area contributed by atoms with Crippen molar-refractivity contribution < 1.29 is 19.3 Å². The molecule has 19 heavy (non-hydrogen) atoms. The lowest BCUT2D eigenvalue weighted by atomic mass is 9.90. The summed E-state index contributed by atoms with van der Waals surface area (Å²) in [6.45, 7) is 2.95. The first-order valence-corrected chi connectivity index (χ1v) is 6.64. The summed E-state index contributed by atoms with van der Waals surface area (Å²) < 4.78 is 16.8. The van der Waals surface area contributed by atoms with Crippen molar-refractivity contribution in [3.8, 4) is 0 Å². The minimum absolute atomic E-state index is 0.245. The number of ether oxygens (including phenoxy) is 3. The van der Waals surface area contributed by atoms with Crippen molar-refractivity contribution in [3.63, 3.8) is 0 Å². The summed E-state index contributed by atoms with van der Waals surface area (Å²) in [7, 11) is 1.67. The highest BCUT2D eigenvalue weighted by molar-refractivity contribution is 5.13. The molecule has 3 atom stereocenters. The molecule has 1 aromatic carbocycles. The summed E-state index contributed by atoms with van der Waals surface area (Å²) in [5, 5.41) is 9.59. The second-order valence-corrected chi connectivity index (χ2v) is 5.14. The molecule has 4 nitrogen and oxygen atoms in total. The number of hydrogen-bond donors (Lipinski definition) is 1. The van der Waals surface area contributed by atoms with Crippen molar-refractivity contribution in [1.29, 1.82) is 0 Å². The second-order valence-electron chi connectivity index (χ2n) is 5.14. The first-order chi connectivity index (χ1) is 9.14. The Hall–Kier alpha value is -0.940. The third-order valence-electron chi connectivity index (χ3n) is 3.74. The predicted molar refractivity (Wildman–Crippen MR) is 71.6 cm³/mol. The van der Waals surface area contributed by atoms with Crippen LogP contribution in [0.5, 0.6) is 0 Å². The molecule has 0 aliphatic carbocycles. The van der Waals surface area contributed by atoms with E-state index in [1.54, 1.807) is 7.11 Å². The zero-order valence-corrected chi connectivity index (χ0v) is 11.5. The van der Waals surface area contributed by atoms with Gasteiger partial charge in [-0.3, -0.25) is 0 Å². The first-order valence-electron chi connectivity index (χ1n) is 6.64. The van der Waals surface area contributed by atoms with Crippen molar-refractivity contribution in [3.05, 3.63) is 35.9 Å². The highest BCUT2D eigenvalue weighted by Gasteiger charge is 2.40. The standard InChI is InChI=1S/C15H22O4/c1-15(17-2)9-8-14(16)19-13(15)11-18-10-12-6-4-3-5-7-12/h3-7,13-14,16H,8-11H2,1-2H3/t13?,14?,15-/m1/s1. The number of hydrogen-bond acceptors (Lipinski definition) is 4. The summed E-state index contributed by atoms with van der Waals surface area (Å²) >= 11 is 0. The number of benzene rings is 1. The summed E-state index contributed by atoms with van der Waals surface area (Å²) in [6, 6.07) is 9.99. The van der Waals surface area contributed by atoms with Gasteiger partial charge in [-0.15, -0.1) is 0 Å². The van der Waals surface area contributed by atoms with Gasteiger partial charge in [-0.2, -0.15) is 0 Å². The van der Waals surface area contributed by atoms with Crippen molar-refractivity contribution in [2.45, 2.75) is 44.4 Å². The van der Waals surface area contributed by atoms with Crippen LogP contribution in [0.25, 0.3) is 0 Å². The van der Waals surface area contributed by atoms with Gasteiger partial charge in [-0.05, 0) is 18.9 Å². The average Bonchev–Trinajstić information content (AvgIpc) is 2.44. The molecule has 2 unspecified atom stereocenters. The fourth-order valence-electron chi connectivity index (χ4n) is 2.28. The van der Waals surface area contributed by atoms with Crippen LogP contribution in [-0.2, 0) is 20.8 Å². The lowest BCUT2D eigenvalue weighted by molar-refractivity contribution is -0.250. The Morgan fingerprint density at radius 1 is 1.37 bits per heavy atom. The quantitative estimate of drug-likeness (QED) is 0.886. The fraction of sp³-hybridized carbons (Fsp3) is 0.600. The van der Waals surface area contributed by atoms with E-state index in [-0.39, 0.29) is 6.10 Å². The van der Waals surface area contributed by atoms with Crippen molar-refractivity contribution in [2.75, 3.05) is 13.7 Å². The third kappa shape index (κ3) is 3.76. The SMILES string of the molecule is CO[C@]1(C)CCC(O)OC1COCc1ccccc1. The van der Waals surface area contributed by atoms with Crippen LogP contribution in [0.2, 0.25) is 0 Å². The van der Waals surface area contributed by atoms with Gasteiger partial charge in [0.1, 0.15) is 6.10 Å². The van der Waals surface area contributed by atoms with E-state index in [0.29, 0.717) is 19.6 Å². The number of aliphatic hydroxyl groups is 1. The molecule has 1 heterocycles. The van der Waals surface area contributed by atoms with Crippen LogP contribution in [0.1, 0.15) is 25.3 Å². The molecule has 1 aliphatic heterocycles. The van der Waals surface area contributed by atoms with E-state index < -0.39 is 11.9 Å². The van der Waals surface area contributed by atoms with Gasteiger partial charge in [0, 0.05) is 13.5 Å². The van der Waals surface area contributed by atoms with Crippen molar-refractivity contribution >= 4 is 0 Å². The maximum atomic E-state index is 9.59. The highest BCUT2D eigenvalue weighted by atomic mass is 16.6. The molecule has 0 amide bonds. The molecule has 4 heteroatoms. The van der Waals surface area contributed by atoms with Gasteiger partial charge < -0.3 is 19.3 Å². The average molecular weight is 266 g/mol. The molecule has 1 saturated heterocycles. The molecule has 1 N–H and O–H groups in total. The zero-order chi connectivity index (χ0) is 13.7. The number of aliphatic hydroxyl groups excluding tert-OH is 1. The van der Waals surface area contributed by atoms with Gasteiger partial charge in [0.25, 0.3) is 0 Å². The maximum Gasteiger partial charge on any atom is 0.155 e. The van der Waals surface area contributed by atoms with E-state index in [0.717, 1.165) is 12.0 Å². The number of methoxy groups -OCH3 is 1. The molecule has 106 valence electrons. The van der Waals surface area contributed by atoms with E-state index in [4.69, 9.17) is 14.2 Å². The summed E-state index contributed by atoms with van der Waals surface area (Å²) in [6.07, 6.45) is 0.405. The lowest BCUT2D eigenvalue weighted by Gasteiger charge is -2.41. The largest absolute Gasteiger partial charge is 0.376 e. The molecular weight excluding hydrogens is 244 g/mol. The third-order valence-corrected chi connectivity index (χ3v) is 3.74. The van der Waals surface area contributed by atoms with Crippen molar-refractivity contribution in [1.82, 2.24) is 0 Å². The van der Waals surface area contributed by atoms with Gasteiger partial charge >= 0.3 is 0 Å². The minimum Gasteiger partial charge on any atom is -0.376 e. The van der Waals surface area contributed by atoms with Gasteiger partial charge in [-0.1, -0.05) is 30.3 Å². The van der Waals surface area contributed by atoms with Crippen LogP contribution in [0.3, 0.4) is 0 Å². The van der Waals surface area contributed by atoms with Crippen LogP contribution in [0, 0.1) is 0 Å². The molecule has 1 fully saturated rings. The molecule has 1 aromatic rings. The van der Waals surface area contributed by atoms with E-state index in [1.807, 2.05) is 37.3 Å². The summed E-state index contributed by atoms with van der Waals surface area (Å²) in [4.78, 5) is 0. The van der Waals surface area contributed by atoms with Crippen LogP contribution in [0.4, 0.5) is 0 Å². The highest BCUT2D eigenvalue weighted by Crippen LogP contribution is 2.31. The smallest absolute Gasteiger partial charge is 0.155 e. The molecule has 1 aliphatic rings. The fourth-order valence-corrected chi connectivity index (χ4v) is 2.28. The van der Waals surface area contributed by atoms with Crippen LogP contribution in [0.15, 0.2) is 30.3 Å². The van der Waals surface area contributed by atoms with Crippen LogP contribution in [-0.4, -0.2) is 36.8 Å². The Morgan fingerprint density at radius 2 is 2.11 bits per heavy atom.